The molecule has 90 valence electrons. The number of ether oxygens (including phenoxy) is 2. The Morgan fingerprint density at radius 1 is 1.40 bits per heavy atom. The van der Waals surface area contributed by atoms with Crippen molar-refractivity contribution in [3.8, 4) is 0 Å². The molecule has 3 atom stereocenters. The molecule has 0 aromatic carbocycles. The van der Waals surface area contributed by atoms with E-state index in [-0.39, 0.29) is 23.9 Å². The first kappa shape index (κ1) is 13.8. The second-order valence-electron chi connectivity index (χ2n) is 4.69. The van der Waals surface area contributed by atoms with Crippen molar-refractivity contribution in [1.82, 2.24) is 0 Å². The maximum Gasteiger partial charge on any atom is 0.0889 e. The molecule has 1 saturated heterocycles. The van der Waals surface area contributed by atoms with E-state index in [1.807, 2.05) is 6.92 Å². The van der Waals surface area contributed by atoms with Crippen LogP contribution in [0.25, 0.3) is 0 Å². The highest BCUT2D eigenvalue weighted by Crippen LogP contribution is 2.27. The fraction of sp³-hybridized carbons (Fsp3) is 1.00. The van der Waals surface area contributed by atoms with Crippen molar-refractivity contribution in [2.24, 2.45) is 0 Å². The van der Waals surface area contributed by atoms with Crippen molar-refractivity contribution < 1.29 is 9.47 Å². The largest absolute Gasteiger partial charge is 0.375 e. The summed E-state index contributed by atoms with van der Waals surface area (Å²) in [7, 11) is 0. The summed E-state index contributed by atoms with van der Waals surface area (Å²) in [6, 6.07) is 0. The van der Waals surface area contributed by atoms with Crippen molar-refractivity contribution in [2.75, 3.05) is 11.2 Å². The lowest BCUT2D eigenvalue weighted by atomic mass is 10.0. The molecule has 1 aliphatic rings. The van der Waals surface area contributed by atoms with E-state index < -0.39 is 0 Å². The minimum Gasteiger partial charge on any atom is -0.375 e. The van der Waals surface area contributed by atoms with Gasteiger partial charge >= 0.3 is 0 Å². The summed E-state index contributed by atoms with van der Waals surface area (Å²) in [4.78, 5) is 0. The minimum atomic E-state index is -0.261. The van der Waals surface area contributed by atoms with Gasteiger partial charge in [0.15, 0.2) is 0 Å². The molecule has 0 aromatic rings. The molecule has 0 N–H and O–H groups in total. The summed E-state index contributed by atoms with van der Waals surface area (Å²) in [5, 5.41) is 0.767. The fourth-order valence-corrected chi connectivity index (χ4v) is 2.66. The summed E-state index contributed by atoms with van der Waals surface area (Å²) >= 11 is 9.36. The smallest absolute Gasteiger partial charge is 0.0889 e. The number of alkyl halides is 2. The van der Waals surface area contributed by atoms with E-state index in [0.717, 1.165) is 18.2 Å². The Morgan fingerprint density at radius 3 is 2.33 bits per heavy atom. The van der Waals surface area contributed by atoms with Crippen LogP contribution in [0, 0.1) is 0 Å². The van der Waals surface area contributed by atoms with Crippen LogP contribution < -0.4 is 0 Å². The molecule has 1 heterocycles. The lowest BCUT2D eigenvalue weighted by molar-refractivity contribution is -0.138. The van der Waals surface area contributed by atoms with E-state index in [1.54, 1.807) is 0 Å². The number of rotatable bonds is 4. The Bertz CT molecular complexity index is 187. The molecule has 15 heavy (non-hydrogen) atoms. The topological polar surface area (TPSA) is 18.5 Å². The first-order chi connectivity index (χ1) is 6.99. The molecule has 0 radical (unpaired) electrons. The Kier molecular flexibility index (Phi) is 5.37. The molecule has 0 spiro atoms. The second kappa shape index (κ2) is 5.85. The van der Waals surface area contributed by atoms with Crippen LogP contribution in [0.3, 0.4) is 0 Å². The molecule has 0 bridgehead atoms. The highest BCUT2D eigenvalue weighted by atomic mass is 79.9. The first-order valence-corrected chi connectivity index (χ1v) is 7.10. The average molecular weight is 300 g/mol. The van der Waals surface area contributed by atoms with Crippen LogP contribution >= 0.6 is 27.5 Å². The molecule has 1 rings (SSSR count). The molecule has 2 nitrogen and oxygen atoms in total. The van der Waals surface area contributed by atoms with E-state index in [2.05, 4.69) is 29.8 Å². The highest BCUT2D eigenvalue weighted by Gasteiger charge is 2.32. The van der Waals surface area contributed by atoms with Crippen molar-refractivity contribution in [3.63, 3.8) is 0 Å². The molecule has 0 amide bonds. The summed E-state index contributed by atoms with van der Waals surface area (Å²) in [5.74, 6) is 0.512. The molecule has 0 aromatic heterocycles. The van der Waals surface area contributed by atoms with Gasteiger partial charge in [0.1, 0.15) is 0 Å². The molecular weight excluding hydrogens is 279 g/mol. The highest BCUT2D eigenvalue weighted by molar-refractivity contribution is 9.09. The van der Waals surface area contributed by atoms with Gasteiger partial charge in [0, 0.05) is 5.33 Å². The van der Waals surface area contributed by atoms with Gasteiger partial charge in [0.25, 0.3) is 0 Å². The maximum absolute atomic E-state index is 6.06. The average Bonchev–Trinajstić information content (AvgIpc) is 2.16. The third-order valence-corrected chi connectivity index (χ3v) is 4.42. The van der Waals surface area contributed by atoms with Crippen LogP contribution in [0.1, 0.15) is 33.6 Å². The number of hydrogen-bond donors (Lipinski definition) is 0. The monoisotopic (exact) mass is 298 g/mol. The van der Waals surface area contributed by atoms with Gasteiger partial charge in [0.2, 0.25) is 0 Å². The van der Waals surface area contributed by atoms with Gasteiger partial charge in [-0.1, -0.05) is 15.9 Å². The lowest BCUT2D eigenvalue weighted by Crippen LogP contribution is -2.42. The van der Waals surface area contributed by atoms with Gasteiger partial charge in [-0.05, 0) is 33.6 Å². The molecule has 3 unspecified atom stereocenters. The summed E-state index contributed by atoms with van der Waals surface area (Å²) in [5.41, 5.74) is -0.261. The third-order valence-electron chi connectivity index (χ3n) is 2.67. The van der Waals surface area contributed by atoms with Crippen molar-refractivity contribution in [3.05, 3.63) is 0 Å². The van der Waals surface area contributed by atoms with Crippen LogP contribution in [0.5, 0.6) is 0 Å². The zero-order valence-corrected chi connectivity index (χ0v) is 12.0. The summed E-state index contributed by atoms with van der Waals surface area (Å²) < 4.78 is 11.7. The Hall–Kier alpha value is 0.690. The van der Waals surface area contributed by atoms with Gasteiger partial charge in [-0.25, -0.2) is 0 Å². The molecule has 4 heteroatoms. The van der Waals surface area contributed by atoms with E-state index in [0.29, 0.717) is 5.88 Å². The van der Waals surface area contributed by atoms with Crippen LogP contribution in [0.2, 0.25) is 0 Å². The fourth-order valence-electron chi connectivity index (χ4n) is 1.94. The molecular formula is C11H20BrClO2. The van der Waals surface area contributed by atoms with Crippen molar-refractivity contribution >= 4 is 27.5 Å². The third kappa shape index (κ3) is 4.22. The van der Waals surface area contributed by atoms with Gasteiger partial charge in [-0.2, -0.15) is 0 Å². The van der Waals surface area contributed by atoms with E-state index in [9.17, 15) is 0 Å². The first-order valence-electron chi connectivity index (χ1n) is 5.44. The van der Waals surface area contributed by atoms with E-state index in [1.165, 1.54) is 0 Å². The SMILES string of the molecule is CC1CC(OC(C)(CCl)CBr)CC(C)O1. The van der Waals surface area contributed by atoms with Crippen LogP contribution in [0.15, 0.2) is 0 Å². The molecule has 0 aliphatic carbocycles. The van der Waals surface area contributed by atoms with Crippen LogP contribution in [0.4, 0.5) is 0 Å². The normalized spacial score (nSPS) is 36.2. The maximum atomic E-state index is 6.06. The van der Waals surface area contributed by atoms with Crippen molar-refractivity contribution in [1.29, 1.82) is 0 Å². The van der Waals surface area contributed by atoms with Crippen LogP contribution in [-0.2, 0) is 9.47 Å². The predicted octanol–water partition coefficient (Wildman–Crippen LogP) is 3.35. The molecule has 0 saturated carbocycles. The Labute approximate surface area is 106 Å². The number of hydrogen-bond acceptors (Lipinski definition) is 2. The van der Waals surface area contributed by atoms with E-state index >= 15 is 0 Å². The van der Waals surface area contributed by atoms with Gasteiger partial charge in [-0.3, -0.25) is 0 Å². The Balaban J connectivity index is 2.49. The summed E-state index contributed by atoms with van der Waals surface area (Å²) in [6.45, 7) is 6.23. The van der Waals surface area contributed by atoms with Gasteiger partial charge in [0.05, 0.1) is 29.8 Å². The van der Waals surface area contributed by atoms with Gasteiger partial charge in [-0.15, -0.1) is 11.6 Å². The van der Waals surface area contributed by atoms with Gasteiger partial charge < -0.3 is 9.47 Å². The summed E-state index contributed by atoms with van der Waals surface area (Å²) in [6.07, 6.45) is 2.76. The standard InChI is InChI=1S/C11H20BrClO2/c1-8-4-10(5-9(2)14-8)15-11(3,6-12)7-13/h8-10H,4-7H2,1-3H3. The Morgan fingerprint density at radius 2 is 1.93 bits per heavy atom. The molecule has 1 fully saturated rings. The van der Waals surface area contributed by atoms with Crippen molar-refractivity contribution in [2.45, 2.75) is 57.5 Å². The zero-order chi connectivity index (χ0) is 11.5. The predicted molar refractivity (Wildman–Crippen MR) is 67.0 cm³/mol. The number of halogens is 2. The van der Waals surface area contributed by atoms with Crippen LogP contribution in [-0.4, -0.2) is 35.1 Å². The second-order valence-corrected chi connectivity index (χ2v) is 5.51. The lowest BCUT2D eigenvalue weighted by Gasteiger charge is -2.37. The van der Waals surface area contributed by atoms with E-state index in [4.69, 9.17) is 21.1 Å². The quantitative estimate of drug-likeness (QED) is 0.741. The zero-order valence-electron chi connectivity index (χ0n) is 9.63. The minimum absolute atomic E-state index is 0.261. The molecule has 1 aliphatic heterocycles.